The van der Waals surface area contributed by atoms with Gasteiger partial charge in [0, 0.05) is 10.9 Å². The Kier molecular flexibility index (Phi) is 3.95. The molecular weight excluding hydrogens is 392 g/mol. The molecule has 0 spiro atoms. The van der Waals surface area contributed by atoms with E-state index in [2.05, 4.69) is 19.9 Å². The number of hydrogen-bond donors (Lipinski definition) is 3. The Labute approximate surface area is 167 Å². The third-order valence-electron chi connectivity index (χ3n) is 4.68. The van der Waals surface area contributed by atoms with Gasteiger partial charge in [-0.1, -0.05) is 12.1 Å². The van der Waals surface area contributed by atoms with Gasteiger partial charge in [-0.2, -0.15) is 0 Å². The molecule has 30 heavy (non-hydrogen) atoms. The van der Waals surface area contributed by atoms with Crippen LogP contribution < -0.4 is 16.0 Å². The number of pyridine rings is 1. The Bertz CT molecular complexity index is 1470. The van der Waals surface area contributed by atoms with Crippen LogP contribution >= 0.6 is 0 Å². The van der Waals surface area contributed by atoms with Crippen molar-refractivity contribution >= 4 is 27.6 Å². The largest absolute Gasteiger partial charge is 0.451 e. The quantitative estimate of drug-likeness (QED) is 0.418. The van der Waals surface area contributed by atoms with Gasteiger partial charge in [-0.3, -0.25) is 9.78 Å². The van der Waals surface area contributed by atoms with Crippen molar-refractivity contribution in [2.75, 3.05) is 5.73 Å². The summed E-state index contributed by atoms with van der Waals surface area (Å²) in [6.45, 7) is 0. The van der Waals surface area contributed by atoms with E-state index in [1.807, 2.05) is 6.07 Å². The van der Waals surface area contributed by atoms with Crippen LogP contribution in [-0.4, -0.2) is 19.9 Å². The molecule has 0 unspecified atom stereocenters. The highest BCUT2D eigenvalue weighted by molar-refractivity contribution is 6.00. The lowest BCUT2D eigenvalue weighted by atomic mass is 10.2. The van der Waals surface area contributed by atoms with Crippen LogP contribution in [0.1, 0.15) is 0 Å². The number of nitrogen functional groups attached to an aromatic ring is 1. The molecular formula is C21H13F2N5O2. The molecule has 0 atom stereocenters. The van der Waals surface area contributed by atoms with Crippen molar-refractivity contribution in [3.63, 3.8) is 0 Å². The Hall–Kier alpha value is -4.27. The average Bonchev–Trinajstić information content (AvgIpc) is 3.06. The highest BCUT2D eigenvalue weighted by atomic mass is 19.1. The molecule has 0 aliphatic heterocycles. The van der Waals surface area contributed by atoms with E-state index < -0.39 is 22.9 Å². The number of fused-ring (bicyclic) bond motifs is 2. The molecule has 148 valence electrons. The Balaban J connectivity index is 1.62. The fourth-order valence-corrected chi connectivity index (χ4v) is 3.26. The number of H-pyrrole nitrogens is 2. The number of para-hydroxylation sites is 2. The van der Waals surface area contributed by atoms with Crippen molar-refractivity contribution in [2.24, 2.45) is 0 Å². The molecule has 0 aliphatic rings. The molecule has 2 aromatic carbocycles. The van der Waals surface area contributed by atoms with Gasteiger partial charge in [0.15, 0.2) is 17.3 Å². The second kappa shape index (κ2) is 6.66. The van der Waals surface area contributed by atoms with E-state index in [0.29, 0.717) is 27.6 Å². The van der Waals surface area contributed by atoms with Gasteiger partial charge in [-0.05, 0) is 30.3 Å². The summed E-state index contributed by atoms with van der Waals surface area (Å²) in [6.07, 6.45) is 1.72. The number of rotatable bonds is 3. The SMILES string of the molecule is Nc1c(-c2nc3ccccc3[nH]c2=O)[nH]c2ccc(Oc3c(F)cncc3F)cc12. The summed E-state index contributed by atoms with van der Waals surface area (Å²) in [4.78, 5) is 26.2. The van der Waals surface area contributed by atoms with Gasteiger partial charge in [0.05, 0.1) is 34.8 Å². The van der Waals surface area contributed by atoms with Crippen LogP contribution in [0.2, 0.25) is 0 Å². The van der Waals surface area contributed by atoms with Crippen molar-refractivity contribution in [1.82, 2.24) is 19.9 Å². The van der Waals surface area contributed by atoms with E-state index in [9.17, 15) is 13.6 Å². The standard InChI is InChI=1S/C21H13F2N5O2/c22-12-8-25-9-13(23)20(12)30-10-5-6-14-11(7-10)17(24)18(26-14)19-21(29)28-16-4-2-1-3-15(16)27-19/h1-9,26H,24H2,(H,28,29). The van der Waals surface area contributed by atoms with E-state index >= 15 is 0 Å². The molecule has 9 heteroatoms. The number of anilines is 1. The summed E-state index contributed by atoms with van der Waals surface area (Å²) < 4.78 is 33.0. The van der Waals surface area contributed by atoms with E-state index in [0.717, 1.165) is 12.4 Å². The number of hydrogen-bond acceptors (Lipinski definition) is 5. The molecule has 4 N–H and O–H groups in total. The number of halogens is 2. The normalized spacial score (nSPS) is 11.3. The highest BCUT2D eigenvalue weighted by Crippen LogP contribution is 2.35. The van der Waals surface area contributed by atoms with E-state index in [-0.39, 0.29) is 17.1 Å². The first-order chi connectivity index (χ1) is 14.5. The first-order valence-corrected chi connectivity index (χ1v) is 8.89. The molecule has 0 radical (unpaired) electrons. The number of ether oxygens (including phenoxy) is 1. The molecule has 5 aromatic rings. The second-order valence-corrected chi connectivity index (χ2v) is 6.59. The van der Waals surface area contributed by atoms with Crippen molar-refractivity contribution in [2.45, 2.75) is 0 Å². The summed E-state index contributed by atoms with van der Waals surface area (Å²) in [5.41, 5.74) is 8.44. The van der Waals surface area contributed by atoms with Crippen LogP contribution in [0.3, 0.4) is 0 Å². The predicted molar refractivity (Wildman–Crippen MR) is 108 cm³/mol. The maximum Gasteiger partial charge on any atom is 0.276 e. The van der Waals surface area contributed by atoms with Gasteiger partial charge in [-0.25, -0.2) is 13.8 Å². The van der Waals surface area contributed by atoms with Gasteiger partial charge in [0.25, 0.3) is 5.56 Å². The summed E-state index contributed by atoms with van der Waals surface area (Å²) in [7, 11) is 0. The lowest BCUT2D eigenvalue weighted by Gasteiger charge is -2.07. The Morgan fingerprint density at radius 3 is 2.53 bits per heavy atom. The fraction of sp³-hybridized carbons (Fsp3) is 0. The zero-order valence-corrected chi connectivity index (χ0v) is 15.2. The summed E-state index contributed by atoms with van der Waals surface area (Å²) >= 11 is 0. The Morgan fingerprint density at radius 2 is 1.73 bits per heavy atom. The lowest BCUT2D eigenvalue weighted by molar-refractivity contribution is 0.404. The van der Waals surface area contributed by atoms with Crippen LogP contribution in [0.4, 0.5) is 14.5 Å². The highest BCUT2D eigenvalue weighted by Gasteiger charge is 2.17. The third-order valence-corrected chi connectivity index (χ3v) is 4.68. The summed E-state index contributed by atoms with van der Waals surface area (Å²) in [5, 5.41) is 0.520. The number of nitrogens with one attached hydrogen (secondary N) is 2. The van der Waals surface area contributed by atoms with Crippen LogP contribution in [0, 0.1) is 11.6 Å². The molecule has 0 fully saturated rings. The maximum absolute atomic E-state index is 13.8. The van der Waals surface area contributed by atoms with Crippen molar-refractivity contribution < 1.29 is 13.5 Å². The van der Waals surface area contributed by atoms with Crippen molar-refractivity contribution in [3.8, 4) is 22.9 Å². The maximum atomic E-state index is 13.8. The molecule has 3 aromatic heterocycles. The average molecular weight is 405 g/mol. The number of nitrogens with two attached hydrogens (primary N) is 1. The van der Waals surface area contributed by atoms with Crippen molar-refractivity contribution in [3.05, 3.63) is 76.8 Å². The zero-order chi connectivity index (χ0) is 20.8. The smallest absolute Gasteiger partial charge is 0.276 e. The molecule has 0 saturated carbocycles. The lowest BCUT2D eigenvalue weighted by Crippen LogP contribution is -2.12. The Morgan fingerprint density at radius 1 is 0.967 bits per heavy atom. The van der Waals surface area contributed by atoms with Gasteiger partial charge in [0.2, 0.25) is 5.75 Å². The minimum atomic E-state index is -0.926. The summed E-state index contributed by atoms with van der Waals surface area (Å²) in [6, 6.07) is 11.8. The van der Waals surface area contributed by atoms with E-state index in [1.54, 1.807) is 24.3 Å². The minimum Gasteiger partial charge on any atom is -0.451 e. The fourth-order valence-electron chi connectivity index (χ4n) is 3.26. The zero-order valence-electron chi connectivity index (χ0n) is 15.2. The van der Waals surface area contributed by atoms with Gasteiger partial charge in [-0.15, -0.1) is 0 Å². The van der Waals surface area contributed by atoms with Gasteiger partial charge >= 0.3 is 0 Å². The topological polar surface area (TPSA) is 110 Å². The van der Waals surface area contributed by atoms with Crippen LogP contribution in [0.5, 0.6) is 11.5 Å². The molecule has 3 heterocycles. The number of aromatic amines is 2. The number of benzene rings is 2. The summed E-state index contributed by atoms with van der Waals surface area (Å²) in [5.74, 6) is -2.25. The predicted octanol–water partition coefficient (Wildman–Crippen LogP) is 4.12. The number of nitrogens with zero attached hydrogens (tertiary/aromatic N) is 2. The molecule has 7 nitrogen and oxygen atoms in total. The number of aromatic nitrogens is 4. The first kappa shape index (κ1) is 17.8. The minimum absolute atomic E-state index is 0.135. The van der Waals surface area contributed by atoms with E-state index in [4.69, 9.17) is 10.5 Å². The van der Waals surface area contributed by atoms with Crippen LogP contribution in [0.25, 0.3) is 33.3 Å². The van der Waals surface area contributed by atoms with Gasteiger partial charge in [0.1, 0.15) is 5.75 Å². The molecule has 0 aliphatic carbocycles. The van der Waals surface area contributed by atoms with E-state index in [1.165, 1.54) is 12.1 Å². The molecule has 0 bridgehead atoms. The first-order valence-electron chi connectivity index (χ1n) is 8.89. The van der Waals surface area contributed by atoms with Crippen LogP contribution in [0.15, 0.2) is 59.7 Å². The van der Waals surface area contributed by atoms with Gasteiger partial charge < -0.3 is 20.4 Å². The van der Waals surface area contributed by atoms with Crippen LogP contribution in [-0.2, 0) is 0 Å². The second-order valence-electron chi connectivity index (χ2n) is 6.59. The monoisotopic (exact) mass is 405 g/mol. The third kappa shape index (κ3) is 2.84. The van der Waals surface area contributed by atoms with Crippen molar-refractivity contribution in [1.29, 1.82) is 0 Å². The molecule has 5 rings (SSSR count). The molecule has 0 amide bonds. The molecule has 0 saturated heterocycles.